The predicted molar refractivity (Wildman–Crippen MR) is 60.2 cm³/mol. The molecule has 1 N–H and O–H groups in total. The summed E-state index contributed by atoms with van der Waals surface area (Å²) in [5.41, 5.74) is -0.183. The third-order valence-corrected chi connectivity index (χ3v) is 2.04. The molecule has 1 aromatic heterocycles. The normalized spacial score (nSPS) is 12.1. The Kier molecular flexibility index (Phi) is 4.72. The van der Waals surface area contributed by atoms with Gasteiger partial charge in [0.15, 0.2) is 0 Å². The number of amides is 1. The van der Waals surface area contributed by atoms with Crippen LogP contribution in [0.5, 0.6) is 0 Å². The lowest BCUT2D eigenvalue weighted by molar-refractivity contribution is -0.122. The van der Waals surface area contributed by atoms with Crippen LogP contribution in [0, 0.1) is 0 Å². The fourth-order valence-electron chi connectivity index (χ4n) is 1.36. The van der Waals surface area contributed by atoms with Gasteiger partial charge in [-0.15, -0.1) is 0 Å². The highest BCUT2D eigenvalue weighted by Gasteiger charge is 2.07. The molecule has 0 bridgehead atoms. The van der Waals surface area contributed by atoms with Crippen LogP contribution in [0.25, 0.3) is 0 Å². The van der Waals surface area contributed by atoms with Gasteiger partial charge in [-0.2, -0.15) is 0 Å². The van der Waals surface area contributed by atoms with Gasteiger partial charge in [-0.1, -0.05) is 6.07 Å². The van der Waals surface area contributed by atoms with Gasteiger partial charge in [0, 0.05) is 25.4 Å². The SMILES string of the molecule is COCC(C)NC(=O)Cn1ccccc1=O. The van der Waals surface area contributed by atoms with Gasteiger partial charge in [0.2, 0.25) is 5.91 Å². The lowest BCUT2D eigenvalue weighted by Gasteiger charge is -2.13. The molecule has 5 heteroatoms. The molecule has 1 atom stereocenters. The number of methoxy groups -OCH3 is 1. The molecule has 88 valence electrons. The fraction of sp³-hybridized carbons (Fsp3) is 0.455. The third-order valence-electron chi connectivity index (χ3n) is 2.04. The van der Waals surface area contributed by atoms with E-state index < -0.39 is 0 Å². The first-order chi connectivity index (χ1) is 7.63. The van der Waals surface area contributed by atoms with Crippen molar-refractivity contribution < 1.29 is 9.53 Å². The van der Waals surface area contributed by atoms with Crippen molar-refractivity contribution in [1.82, 2.24) is 9.88 Å². The smallest absolute Gasteiger partial charge is 0.250 e. The zero-order valence-electron chi connectivity index (χ0n) is 9.47. The van der Waals surface area contributed by atoms with E-state index in [1.807, 2.05) is 6.92 Å². The first-order valence-corrected chi connectivity index (χ1v) is 5.07. The monoisotopic (exact) mass is 224 g/mol. The van der Waals surface area contributed by atoms with Crippen molar-refractivity contribution in [3.05, 3.63) is 34.7 Å². The summed E-state index contributed by atoms with van der Waals surface area (Å²) in [5.74, 6) is -0.196. The number of nitrogens with zero attached hydrogens (tertiary/aromatic N) is 1. The molecular formula is C11H16N2O3. The molecule has 0 saturated carbocycles. The van der Waals surface area contributed by atoms with Crippen molar-refractivity contribution in [2.75, 3.05) is 13.7 Å². The molecule has 5 nitrogen and oxygen atoms in total. The molecule has 0 fully saturated rings. The molecule has 1 heterocycles. The molecule has 0 radical (unpaired) electrons. The van der Waals surface area contributed by atoms with Crippen molar-refractivity contribution >= 4 is 5.91 Å². The Hall–Kier alpha value is -1.62. The highest BCUT2D eigenvalue weighted by molar-refractivity contribution is 5.76. The zero-order chi connectivity index (χ0) is 12.0. The Labute approximate surface area is 94.0 Å². The maximum atomic E-state index is 11.5. The average Bonchev–Trinajstić information content (AvgIpc) is 2.21. The molecule has 1 unspecified atom stereocenters. The van der Waals surface area contributed by atoms with Crippen LogP contribution < -0.4 is 10.9 Å². The maximum absolute atomic E-state index is 11.5. The van der Waals surface area contributed by atoms with Gasteiger partial charge in [-0.25, -0.2) is 0 Å². The molecule has 16 heavy (non-hydrogen) atoms. The van der Waals surface area contributed by atoms with E-state index in [1.165, 1.54) is 10.6 Å². The molecular weight excluding hydrogens is 208 g/mol. The second-order valence-corrected chi connectivity index (χ2v) is 3.59. The Morgan fingerprint density at radius 2 is 2.31 bits per heavy atom. The zero-order valence-corrected chi connectivity index (χ0v) is 9.47. The van der Waals surface area contributed by atoms with Crippen molar-refractivity contribution in [3.63, 3.8) is 0 Å². The Morgan fingerprint density at radius 1 is 1.56 bits per heavy atom. The number of ether oxygens (including phenoxy) is 1. The van der Waals surface area contributed by atoms with Gasteiger partial charge in [-0.05, 0) is 13.0 Å². The molecule has 0 aliphatic heterocycles. The van der Waals surface area contributed by atoms with Gasteiger partial charge in [0.25, 0.3) is 5.56 Å². The Bertz CT molecular complexity index is 400. The lowest BCUT2D eigenvalue weighted by Crippen LogP contribution is -2.39. The summed E-state index contributed by atoms with van der Waals surface area (Å²) in [5, 5.41) is 2.73. The number of nitrogens with one attached hydrogen (secondary N) is 1. The van der Waals surface area contributed by atoms with E-state index in [0.717, 1.165) is 0 Å². The number of pyridine rings is 1. The first-order valence-electron chi connectivity index (χ1n) is 5.07. The quantitative estimate of drug-likeness (QED) is 0.765. The van der Waals surface area contributed by atoms with Crippen molar-refractivity contribution in [2.45, 2.75) is 19.5 Å². The molecule has 0 spiro atoms. The lowest BCUT2D eigenvalue weighted by atomic mass is 10.3. The van der Waals surface area contributed by atoms with Crippen LogP contribution in [0.1, 0.15) is 6.92 Å². The standard InChI is InChI=1S/C11H16N2O3/c1-9(8-16-2)12-10(14)7-13-6-4-3-5-11(13)15/h3-6,9H,7-8H2,1-2H3,(H,12,14). The number of hydrogen-bond donors (Lipinski definition) is 1. The number of rotatable bonds is 5. The maximum Gasteiger partial charge on any atom is 0.250 e. The molecule has 0 aliphatic carbocycles. The molecule has 0 aliphatic rings. The van der Waals surface area contributed by atoms with E-state index in [9.17, 15) is 9.59 Å². The van der Waals surface area contributed by atoms with Gasteiger partial charge in [-0.3, -0.25) is 9.59 Å². The van der Waals surface area contributed by atoms with Crippen LogP contribution in [-0.4, -0.2) is 30.2 Å². The predicted octanol–water partition coefficient (Wildman–Crippen LogP) is -0.000600. The van der Waals surface area contributed by atoms with Crippen LogP contribution in [0.3, 0.4) is 0 Å². The topological polar surface area (TPSA) is 60.3 Å². The van der Waals surface area contributed by atoms with E-state index in [0.29, 0.717) is 6.61 Å². The van der Waals surface area contributed by atoms with E-state index in [-0.39, 0.29) is 24.1 Å². The van der Waals surface area contributed by atoms with Crippen LogP contribution in [-0.2, 0) is 16.1 Å². The fourth-order valence-corrected chi connectivity index (χ4v) is 1.36. The highest BCUT2D eigenvalue weighted by atomic mass is 16.5. The molecule has 0 aromatic carbocycles. The van der Waals surface area contributed by atoms with Crippen molar-refractivity contribution in [1.29, 1.82) is 0 Å². The summed E-state index contributed by atoms with van der Waals surface area (Å²) in [7, 11) is 1.57. The molecule has 1 rings (SSSR count). The van der Waals surface area contributed by atoms with Crippen LogP contribution in [0.4, 0.5) is 0 Å². The third kappa shape index (κ3) is 3.86. The van der Waals surface area contributed by atoms with Crippen LogP contribution in [0.2, 0.25) is 0 Å². The van der Waals surface area contributed by atoms with E-state index in [2.05, 4.69) is 5.32 Å². The van der Waals surface area contributed by atoms with Crippen molar-refractivity contribution in [2.24, 2.45) is 0 Å². The minimum atomic E-state index is -0.196. The van der Waals surface area contributed by atoms with Crippen LogP contribution in [0.15, 0.2) is 29.2 Å². The number of aromatic nitrogens is 1. The van der Waals surface area contributed by atoms with Gasteiger partial charge >= 0.3 is 0 Å². The number of carbonyl (C=O) groups is 1. The summed E-state index contributed by atoms with van der Waals surface area (Å²) in [6.07, 6.45) is 1.59. The van der Waals surface area contributed by atoms with Gasteiger partial charge in [0.1, 0.15) is 6.54 Å². The van der Waals surface area contributed by atoms with E-state index >= 15 is 0 Å². The second-order valence-electron chi connectivity index (χ2n) is 3.59. The average molecular weight is 224 g/mol. The Morgan fingerprint density at radius 3 is 2.94 bits per heavy atom. The first kappa shape index (κ1) is 12.4. The van der Waals surface area contributed by atoms with E-state index in [4.69, 9.17) is 4.74 Å². The second kappa shape index (κ2) is 6.07. The van der Waals surface area contributed by atoms with Crippen molar-refractivity contribution in [3.8, 4) is 0 Å². The molecule has 0 saturated heterocycles. The minimum Gasteiger partial charge on any atom is -0.383 e. The summed E-state index contributed by atoms with van der Waals surface area (Å²) in [4.78, 5) is 22.8. The molecule has 1 aromatic rings. The van der Waals surface area contributed by atoms with Gasteiger partial charge < -0.3 is 14.6 Å². The highest BCUT2D eigenvalue weighted by Crippen LogP contribution is 1.86. The Balaban J connectivity index is 2.52. The molecule has 1 amide bonds. The minimum absolute atomic E-state index is 0.0354. The summed E-state index contributed by atoms with van der Waals surface area (Å²) >= 11 is 0. The summed E-state index contributed by atoms with van der Waals surface area (Å²) in [6.45, 7) is 2.33. The van der Waals surface area contributed by atoms with Gasteiger partial charge in [0.05, 0.1) is 6.61 Å². The van der Waals surface area contributed by atoms with E-state index in [1.54, 1.807) is 25.4 Å². The summed E-state index contributed by atoms with van der Waals surface area (Å²) in [6, 6.07) is 4.72. The number of carbonyl (C=O) groups excluding carboxylic acids is 1. The number of hydrogen-bond acceptors (Lipinski definition) is 3. The largest absolute Gasteiger partial charge is 0.383 e. The summed E-state index contributed by atoms with van der Waals surface area (Å²) < 4.78 is 6.25. The van der Waals surface area contributed by atoms with Crippen LogP contribution >= 0.6 is 0 Å².